The van der Waals surface area contributed by atoms with E-state index in [1.165, 1.54) is 15.8 Å². The summed E-state index contributed by atoms with van der Waals surface area (Å²) in [7, 11) is 0. The van der Waals surface area contributed by atoms with Gasteiger partial charge in [-0.15, -0.1) is 11.3 Å². The normalized spacial score (nSPS) is 12.2. The molecule has 1 atom stereocenters. The number of aryl methyl sites for hydroxylation is 1. The molecule has 2 rings (SSSR count). The number of hydrogen-bond donors (Lipinski definition) is 1. The third kappa shape index (κ3) is 3.49. The molecule has 4 nitrogen and oxygen atoms in total. The molecule has 106 valence electrons. The van der Waals surface area contributed by atoms with Crippen LogP contribution in [0.5, 0.6) is 0 Å². The van der Waals surface area contributed by atoms with Crippen LogP contribution < -0.4 is 5.32 Å². The molecule has 6 heteroatoms. The van der Waals surface area contributed by atoms with Gasteiger partial charge in [-0.1, -0.05) is 17.7 Å². The summed E-state index contributed by atoms with van der Waals surface area (Å²) in [6.07, 6.45) is 0.822. The lowest BCUT2D eigenvalue weighted by atomic mass is 10.2. The number of benzene rings is 1. The average molecular weight is 311 g/mol. The van der Waals surface area contributed by atoms with Crippen LogP contribution in [-0.4, -0.2) is 11.0 Å². The van der Waals surface area contributed by atoms with Crippen LogP contribution in [0.1, 0.15) is 16.7 Å². The fraction of sp³-hybridized carbons (Fsp3) is 0.286. The van der Waals surface area contributed by atoms with Crippen LogP contribution in [0.2, 0.25) is 5.02 Å². The van der Waals surface area contributed by atoms with Crippen LogP contribution in [0.4, 0.5) is 11.4 Å². The van der Waals surface area contributed by atoms with Crippen LogP contribution in [0, 0.1) is 17.0 Å². The van der Waals surface area contributed by atoms with Crippen LogP contribution in [-0.2, 0) is 6.42 Å². The van der Waals surface area contributed by atoms with Crippen molar-refractivity contribution in [2.45, 2.75) is 26.3 Å². The number of rotatable bonds is 5. The Bertz CT molecular complexity index is 627. The van der Waals surface area contributed by atoms with E-state index in [-0.39, 0.29) is 16.8 Å². The van der Waals surface area contributed by atoms with Gasteiger partial charge >= 0.3 is 5.69 Å². The summed E-state index contributed by atoms with van der Waals surface area (Å²) < 4.78 is 0. The van der Waals surface area contributed by atoms with Crippen molar-refractivity contribution >= 4 is 34.3 Å². The van der Waals surface area contributed by atoms with Gasteiger partial charge in [-0.25, -0.2) is 0 Å². The molecule has 0 saturated carbocycles. The fourth-order valence-electron chi connectivity index (χ4n) is 2.03. The summed E-state index contributed by atoms with van der Waals surface area (Å²) in [5.74, 6) is 0. The molecule has 1 heterocycles. The maximum absolute atomic E-state index is 11.1. The molecule has 0 fully saturated rings. The summed E-state index contributed by atoms with van der Waals surface area (Å²) in [5, 5.41) is 14.4. The lowest BCUT2D eigenvalue weighted by Gasteiger charge is -2.14. The summed E-state index contributed by atoms with van der Waals surface area (Å²) in [6, 6.07) is 9.17. The SMILES string of the molecule is Cc1ccc(CC(C)Nc2cccc(Cl)c2[N+](=O)[O-])s1. The van der Waals surface area contributed by atoms with Crippen molar-refractivity contribution in [1.29, 1.82) is 0 Å². The Morgan fingerprint density at radius 1 is 1.40 bits per heavy atom. The minimum Gasteiger partial charge on any atom is -0.377 e. The van der Waals surface area contributed by atoms with Gasteiger partial charge in [-0.05, 0) is 38.1 Å². The Kier molecular flexibility index (Phi) is 4.62. The predicted octanol–water partition coefficient (Wildman–Crippen LogP) is 4.66. The Morgan fingerprint density at radius 2 is 2.15 bits per heavy atom. The first-order chi connectivity index (χ1) is 9.47. The maximum Gasteiger partial charge on any atom is 0.310 e. The molecular weight excluding hydrogens is 296 g/mol. The molecular formula is C14H15ClN2O2S. The molecule has 20 heavy (non-hydrogen) atoms. The number of nitrogens with one attached hydrogen (secondary N) is 1. The number of halogens is 1. The Hall–Kier alpha value is -1.59. The first kappa shape index (κ1) is 14.8. The Labute approximate surface area is 126 Å². The van der Waals surface area contributed by atoms with Crippen molar-refractivity contribution in [2.24, 2.45) is 0 Å². The third-order valence-electron chi connectivity index (χ3n) is 2.87. The topological polar surface area (TPSA) is 55.2 Å². The third-order valence-corrected chi connectivity index (χ3v) is 4.20. The molecule has 0 aliphatic rings. The molecule has 0 aliphatic carbocycles. The monoisotopic (exact) mass is 310 g/mol. The zero-order chi connectivity index (χ0) is 14.7. The van der Waals surface area contributed by atoms with Crippen LogP contribution >= 0.6 is 22.9 Å². The van der Waals surface area contributed by atoms with E-state index >= 15 is 0 Å². The summed E-state index contributed by atoms with van der Waals surface area (Å²) in [5.41, 5.74) is 0.395. The minimum atomic E-state index is -0.452. The molecule has 1 unspecified atom stereocenters. The van der Waals surface area contributed by atoms with Gasteiger partial charge in [0, 0.05) is 22.2 Å². The van der Waals surface area contributed by atoms with Crippen molar-refractivity contribution < 1.29 is 4.92 Å². The summed E-state index contributed by atoms with van der Waals surface area (Å²) >= 11 is 7.63. The highest BCUT2D eigenvalue weighted by Gasteiger charge is 2.19. The van der Waals surface area contributed by atoms with Gasteiger partial charge < -0.3 is 5.32 Å². The largest absolute Gasteiger partial charge is 0.377 e. The lowest BCUT2D eigenvalue weighted by Crippen LogP contribution is -2.18. The van der Waals surface area contributed by atoms with Crippen molar-refractivity contribution in [2.75, 3.05) is 5.32 Å². The van der Waals surface area contributed by atoms with Crippen LogP contribution in [0.15, 0.2) is 30.3 Å². The van der Waals surface area contributed by atoms with Crippen LogP contribution in [0.25, 0.3) is 0 Å². The molecule has 0 amide bonds. The van der Waals surface area contributed by atoms with Gasteiger partial charge in [0.15, 0.2) is 0 Å². The van der Waals surface area contributed by atoms with E-state index in [0.717, 1.165) is 6.42 Å². The van der Waals surface area contributed by atoms with Crippen molar-refractivity contribution in [3.63, 3.8) is 0 Å². The number of nitro groups is 1. The Balaban J connectivity index is 2.13. The summed E-state index contributed by atoms with van der Waals surface area (Å²) in [4.78, 5) is 13.1. The predicted molar refractivity (Wildman–Crippen MR) is 84.0 cm³/mol. The fourth-order valence-corrected chi connectivity index (χ4v) is 3.29. The van der Waals surface area contributed by atoms with E-state index in [2.05, 4.69) is 24.4 Å². The van der Waals surface area contributed by atoms with Gasteiger partial charge in [0.1, 0.15) is 10.7 Å². The quantitative estimate of drug-likeness (QED) is 0.645. The van der Waals surface area contributed by atoms with E-state index in [4.69, 9.17) is 11.6 Å². The highest BCUT2D eigenvalue weighted by molar-refractivity contribution is 7.11. The number of para-hydroxylation sites is 1. The average Bonchev–Trinajstić information content (AvgIpc) is 2.74. The zero-order valence-electron chi connectivity index (χ0n) is 11.2. The smallest absolute Gasteiger partial charge is 0.310 e. The van der Waals surface area contributed by atoms with E-state index in [9.17, 15) is 10.1 Å². The number of thiophene rings is 1. The number of nitrogens with zero attached hydrogens (tertiary/aromatic N) is 1. The van der Waals surface area contributed by atoms with Crippen LogP contribution in [0.3, 0.4) is 0 Å². The number of hydrogen-bond acceptors (Lipinski definition) is 4. The van der Waals surface area contributed by atoms with Crippen molar-refractivity contribution in [3.8, 4) is 0 Å². The van der Waals surface area contributed by atoms with E-state index < -0.39 is 4.92 Å². The molecule has 0 spiro atoms. The van der Waals surface area contributed by atoms with Crippen molar-refractivity contribution in [3.05, 3.63) is 55.2 Å². The maximum atomic E-state index is 11.1. The zero-order valence-corrected chi connectivity index (χ0v) is 12.8. The molecule has 0 bridgehead atoms. The van der Waals surface area contributed by atoms with Gasteiger partial charge in [-0.3, -0.25) is 10.1 Å². The molecule has 1 aromatic heterocycles. The second kappa shape index (κ2) is 6.24. The second-order valence-electron chi connectivity index (χ2n) is 4.65. The molecule has 2 aromatic rings. The first-order valence-electron chi connectivity index (χ1n) is 6.22. The molecule has 1 aromatic carbocycles. The second-order valence-corrected chi connectivity index (χ2v) is 6.43. The highest BCUT2D eigenvalue weighted by Crippen LogP contribution is 2.33. The van der Waals surface area contributed by atoms with E-state index in [1.807, 2.05) is 6.92 Å². The molecule has 0 saturated heterocycles. The summed E-state index contributed by atoms with van der Waals surface area (Å²) in [6.45, 7) is 4.06. The number of nitro benzene ring substituents is 1. The molecule has 0 aliphatic heterocycles. The Morgan fingerprint density at radius 3 is 2.75 bits per heavy atom. The lowest BCUT2D eigenvalue weighted by molar-refractivity contribution is -0.383. The highest BCUT2D eigenvalue weighted by atomic mass is 35.5. The minimum absolute atomic E-state index is 0.0663. The standard InChI is InChI=1S/C14H15ClN2O2S/c1-9(8-11-7-6-10(2)20-11)16-13-5-3-4-12(15)14(13)17(18)19/h3-7,9,16H,8H2,1-2H3. The van der Waals surface area contributed by atoms with Gasteiger partial charge in [0.05, 0.1) is 4.92 Å². The number of anilines is 1. The van der Waals surface area contributed by atoms with Crippen molar-refractivity contribution in [1.82, 2.24) is 0 Å². The van der Waals surface area contributed by atoms with E-state index in [0.29, 0.717) is 5.69 Å². The van der Waals surface area contributed by atoms with Gasteiger partial charge in [-0.2, -0.15) is 0 Å². The van der Waals surface area contributed by atoms with E-state index in [1.54, 1.807) is 23.5 Å². The molecule has 0 radical (unpaired) electrons. The molecule has 1 N–H and O–H groups in total. The van der Waals surface area contributed by atoms with Gasteiger partial charge in [0.2, 0.25) is 0 Å². The first-order valence-corrected chi connectivity index (χ1v) is 7.41. The van der Waals surface area contributed by atoms with Gasteiger partial charge in [0.25, 0.3) is 0 Å².